The second-order valence-electron chi connectivity index (χ2n) is 15.2. The van der Waals surface area contributed by atoms with Crippen molar-refractivity contribution in [1.29, 1.82) is 0 Å². The molecule has 0 amide bonds. The number of rotatable bonds is 9. The maximum absolute atomic E-state index is 12.7. The Hall–Kier alpha value is 1.15. The molecule has 10 atom stereocenters. The summed E-state index contributed by atoms with van der Waals surface area (Å²) in [7, 11) is -10.1. The first-order valence-electron chi connectivity index (χ1n) is 15.2. The molecule has 2 spiro atoms. The summed E-state index contributed by atoms with van der Waals surface area (Å²) in [6, 6.07) is 0. The number of fused-ring (bicyclic) bond motifs is 2. The minimum absolute atomic E-state index is 0. The molecule has 0 aliphatic heterocycles. The Labute approximate surface area is 302 Å². The van der Waals surface area contributed by atoms with Crippen LogP contribution in [0.3, 0.4) is 0 Å². The van der Waals surface area contributed by atoms with Crippen molar-refractivity contribution in [3.8, 4) is 0 Å². The smallest absolute Gasteiger partial charge is 0.726 e. The topological polar surface area (TPSA) is 150 Å². The standard InChI is InChI=1S/C30H48O9S2.2Na/c1-19(2)15-21(31)16-20(3)22-9-11-28(6)24-8-7-23-26(4,18-38-40(32,33)34)25(39-41(35,36)37)10-12-29(23)17-30(24,29)14-13-27(22,28)5;;/h15,20,22-25H,7-14,16-18H2,1-6H3,(H,32,33,34)(H,35,36,37);;/q;2*+1/p-2/t20?,22-,23-,24+,25+,26+,27-,28+,29-,30+;;/m1../s1. The van der Waals surface area contributed by atoms with Gasteiger partial charge in [-0.2, -0.15) is 0 Å². The molecule has 1 unspecified atom stereocenters. The molecule has 0 radical (unpaired) electrons. The van der Waals surface area contributed by atoms with Crippen molar-refractivity contribution in [1.82, 2.24) is 0 Å². The predicted molar refractivity (Wildman–Crippen MR) is 150 cm³/mol. The van der Waals surface area contributed by atoms with Gasteiger partial charge < -0.3 is 9.11 Å². The van der Waals surface area contributed by atoms with E-state index in [0.717, 1.165) is 50.5 Å². The fourth-order valence-corrected chi connectivity index (χ4v) is 12.7. The van der Waals surface area contributed by atoms with E-state index in [4.69, 9.17) is 8.37 Å². The summed E-state index contributed by atoms with van der Waals surface area (Å²) in [6.45, 7) is 12.3. The minimum atomic E-state index is -5.04. The Morgan fingerprint density at radius 2 is 1.47 bits per heavy atom. The number of hydrogen-bond acceptors (Lipinski definition) is 9. The fourth-order valence-electron chi connectivity index (χ4n) is 11.7. The number of carbonyl (C=O) groups is 1. The molecular weight excluding hydrogens is 614 g/mol. The molecule has 0 heterocycles. The third-order valence-corrected chi connectivity index (χ3v) is 14.2. The van der Waals surface area contributed by atoms with Crippen molar-refractivity contribution in [2.75, 3.05) is 6.61 Å². The van der Waals surface area contributed by atoms with Crippen LogP contribution in [0.25, 0.3) is 0 Å². The van der Waals surface area contributed by atoms with Crippen molar-refractivity contribution in [3.63, 3.8) is 0 Å². The summed E-state index contributed by atoms with van der Waals surface area (Å²) < 4.78 is 79.1. The van der Waals surface area contributed by atoms with E-state index in [2.05, 4.69) is 20.8 Å². The third kappa shape index (κ3) is 6.36. The van der Waals surface area contributed by atoms with Crippen molar-refractivity contribution in [2.45, 2.75) is 112 Å². The van der Waals surface area contributed by atoms with Gasteiger partial charge in [-0.3, -0.25) is 13.2 Å². The normalized spacial score (nSPS) is 43.8. The van der Waals surface area contributed by atoms with E-state index in [-0.39, 0.29) is 92.5 Å². The van der Waals surface area contributed by atoms with Gasteiger partial charge in [0.25, 0.3) is 0 Å². The van der Waals surface area contributed by atoms with E-state index < -0.39 is 38.9 Å². The Kier molecular flexibility index (Phi) is 11.3. The van der Waals surface area contributed by atoms with Gasteiger partial charge in [-0.05, 0) is 123 Å². The first-order chi connectivity index (χ1) is 18.7. The molecule has 0 aromatic rings. The van der Waals surface area contributed by atoms with Crippen LogP contribution in [0.4, 0.5) is 0 Å². The fraction of sp³-hybridized carbons (Fsp3) is 0.900. The summed E-state index contributed by atoms with van der Waals surface area (Å²) >= 11 is 0. The Balaban J connectivity index is 0.00000253. The summed E-state index contributed by atoms with van der Waals surface area (Å²) in [5.74, 6) is 1.28. The Bertz CT molecular complexity index is 1350. The predicted octanol–water partition coefficient (Wildman–Crippen LogP) is -0.703. The van der Waals surface area contributed by atoms with Crippen LogP contribution in [0, 0.1) is 50.7 Å². The van der Waals surface area contributed by atoms with Gasteiger partial charge in [0.2, 0.25) is 20.8 Å². The second kappa shape index (κ2) is 12.6. The van der Waals surface area contributed by atoms with Crippen LogP contribution in [-0.4, -0.2) is 44.4 Å². The van der Waals surface area contributed by atoms with Crippen LogP contribution in [0.5, 0.6) is 0 Å². The van der Waals surface area contributed by atoms with Crippen LogP contribution in [0.15, 0.2) is 11.6 Å². The first-order valence-corrected chi connectivity index (χ1v) is 17.8. The minimum Gasteiger partial charge on any atom is -0.726 e. The quantitative estimate of drug-likeness (QED) is 0.135. The van der Waals surface area contributed by atoms with Crippen LogP contribution in [0.2, 0.25) is 0 Å². The van der Waals surface area contributed by atoms with Crippen LogP contribution < -0.4 is 59.1 Å². The summed E-state index contributed by atoms with van der Waals surface area (Å²) in [5, 5.41) is 0. The molecule has 5 aliphatic carbocycles. The van der Waals surface area contributed by atoms with E-state index in [1.165, 1.54) is 0 Å². The SMILES string of the molecule is CC(C)=CC(=O)CC(C)[C@H]1CC[C@@]2(C)[C@@H]3CC[C@@H]4[C@](C)(COS(=O)(=O)[O-])[C@@H](OS(=O)(=O)[O-])CC[C@@]45C[C@@]35CC[C@]12C.[Na+].[Na+]. The number of ketones is 1. The molecule has 0 aromatic heterocycles. The molecule has 9 nitrogen and oxygen atoms in total. The van der Waals surface area contributed by atoms with Gasteiger partial charge in [-0.1, -0.05) is 33.3 Å². The Morgan fingerprint density at radius 1 is 0.860 bits per heavy atom. The van der Waals surface area contributed by atoms with Crippen LogP contribution in [-0.2, 0) is 34.0 Å². The van der Waals surface area contributed by atoms with E-state index in [0.29, 0.717) is 37.0 Å². The maximum atomic E-state index is 12.7. The van der Waals surface area contributed by atoms with Crippen molar-refractivity contribution >= 4 is 26.6 Å². The molecule has 5 saturated carbocycles. The van der Waals surface area contributed by atoms with Crippen molar-refractivity contribution < 1.29 is 98.2 Å². The molecule has 5 fully saturated rings. The molecule has 13 heteroatoms. The van der Waals surface area contributed by atoms with Gasteiger partial charge in [0, 0.05) is 11.8 Å². The van der Waals surface area contributed by atoms with Crippen molar-refractivity contribution in [3.05, 3.63) is 11.6 Å². The largest absolute Gasteiger partial charge is 1.00 e. The average molecular weight is 661 g/mol. The monoisotopic (exact) mass is 660 g/mol. The second-order valence-corrected chi connectivity index (χ2v) is 17.3. The van der Waals surface area contributed by atoms with E-state index in [1.807, 2.05) is 13.8 Å². The average Bonchev–Trinajstić information content (AvgIpc) is 3.40. The van der Waals surface area contributed by atoms with Gasteiger partial charge in [0.1, 0.15) is 0 Å². The molecule has 43 heavy (non-hydrogen) atoms. The van der Waals surface area contributed by atoms with Crippen LogP contribution in [0.1, 0.15) is 106 Å². The molecule has 0 N–H and O–H groups in total. The van der Waals surface area contributed by atoms with Gasteiger partial charge in [-0.15, -0.1) is 0 Å². The zero-order valence-corrected chi connectivity index (χ0v) is 32.9. The maximum Gasteiger partial charge on any atom is 1.00 e. The Morgan fingerprint density at radius 3 is 2.05 bits per heavy atom. The first kappa shape index (κ1) is 38.6. The molecule has 5 rings (SSSR count). The molecule has 5 aliphatic rings. The molecule has 0 saturated heterocycles. The number of hydrogen-bond donors (Lipinski definition) is 0. The van der Waals surface area contributed by atoms with E-state index in [9.17, 15) is 30.7 Å². The summed E-state index contributed by atoms with van der Waals surface area (Å²) in [6.07, 6.45) is 9.20. The van der Waals surface area contributed by atoms with Gasteiger partial charge in [0.05, 0.1) is 12.7 Å². The van der Waals surface area contributed by atoms with E-state index in [1.54, 1.807) is 13.0 Å². The zero-order valence-electron chi connectivity index (χ0n) is 27.2. The molecule has 0 bridgehead atoms. The van der Waals surface area contributed by atoms with Gasteiger partial charge >= 0.3 is 59.1 Å². The summed E-state index contributed by atoms with van der Waals surface area (Å²) in [5.41, 5.74) is 0.0405. The molecule has 0 aromatic carbocycles. The summed E-state index contributed by atoms with van der Waals surface area (Å²) in [4.78, 5) is 12.7. The zero-order chi connectivity index (χ0) is 30.4. The number of carbonyl (C=O) groups excluding carboxylic acids is 1. The van der Waals surface area contributed by atoms with Gasteiger partial charge in [0.15, 0.2) is 5.78 Å². The molecular formula is C30H46Na2O9S2. The van der Waals surface area contributed by atoms with E-state index >= 15 is 0 Å². The number of allylic oxidation sites excluding steroid dienone is 2. The van der Waals surface area contributed by atoms with Crippen LogP contribution >= 0.6 is 0 Å². The third-order valence-electron chi connectivity index (χ3n) is 13.3. The van der Waals surface area contributed by atoms with Gasteiger partial charge in [-0.25, -0.2) is 16.8 Å². The van der Waals surface area contributed by atoms with Crippen molar-refractivity contribution in [2.24, 2.45) is 50.7 Å². The molecule has 234 valence electrons.